The van der Waals surface area contributed by atoms with Crippen LogP contribution in [0.5, 0.6) is 0 Å². The summed E-state index contributed by atoms with van der Waals surface area (Å²) in [5.74, 6) is 0.212. The summed E-state index contributed by atoms with van der Waals surface area (Å²) in [5, 5.41) is 0.652. The molecular weight excluding hydrogens is 264 g/mol. The first-order chi connectivity index (χ1) is 8.06. The Kier molecular flexibility index (Phi) is 3.72. The summed E-state index contributed by atoms with van der Waals surface area (Å²) in [6.45, 7) is 0. The van der Waals surface area contributed by atoms with Crippen LogP contribution in [0.3, 0.4) is 0 Å². The van der Waals surface area contributed by atoms with Crippen LogP contribution in [0.15, 0.2) is 34.7 Å². The molecule has 90 valence electrons. The second-order valence-corrected chi connectivity index (χ2v) is 4.47. The van der Waals surface area contributed by atoms with E-state index >= 15 is 0 Å². The highest BCUT2D eigenvalue weighted by atomic mass is 35.5. The number of benzene rings is 1. The van der Waals surface area contributed by atoms with Crippen LogP contribution in [0, 0.1) is 5.82 Å². The Balaban J connectivity index is 2.15. The van der Waals surface area contributed by atoms with E-state index in [-0.39, 0.29) is 11.9 Å². The molecule has 0 amide bonds. The van der Waals surface area contributed by atoms with Crippen molar-refractivity contribution in [2.24, 2.45) is 5.73 Å². The monoisotopic (exact) mass is 273 g/mol. The van der Waals surface area contributed by atoms with E-state index in [4.69, 9.17) is 33.4 Å². The second kappa shape index (κ2) is 5.08. The Hall–Kier alpha value is -1.03. The molecular formula is C12H10Cl2FNO. The smallest absolute Gasteiger partial charge is 0.193 e. The molecule has 2 rings (SSSR count). The molecule has 0 bridgehead atoms. The van der Waals surface area contributed by atoms with Gasteiger partial charge in [-0.15, -0.1) is 0 Å². The van der Waals surface area contributed by atoms with E-state index in [1.165, 1.54) is 12.1 Å². The fourth-order valence-electron chi connectivity index (χ4n) is 1.55. The third-order valence-corrected chi connectivity index (χ3v) is 2.97. The van der Waals surface area contributed by atoms with E-state index in [1.54, 1.807) is 18.2 Å². The minimum atomic E-state index is -0.367. The van der Waals surface area contributed by atoms with Gasteiger partial charge in [-0.05, 0) is 47.9 Å². The van der Waals surface area contributed by atoms with Crippen LogP contribution >= 0.6 is 23.2 Å². The van der Waals surface area contributed by atoms with E-state index in [0.717, 1.165) is 5.56 Å². The highest BCUT2D eigenvalue weighted by molar-refractivity contribution is 6.31. The van der Waals surface area contributed by atoms with Gasteiger partial charge in [0, 0.05) is 5.02 Å². The van der Waals surface area contributed by atoms with E-state index in [2.05, 4.69) is 0 Å². The minimum Gasteiger partial charge on any atom is -0.448 e. The Morgan fingerprint density at radius 2 is 2.00 bits per heavy atom. The molecule has 0 spiro atoms. The Morgan fingerprint density at radius 1 is 1.24 bits per heavy atom. The number of hydrogen-bond donors (Lipinski definition) is 1. The molecule has 0 saturated carbocycles. The quantitative estimate of drug-likeness (QED) is 0.919. The van der Waals surface area contributed by atoms with Gasteiger partial charge in [-0.25, -0.2) is 4.39 Å². The van der Waals surface area contributed by atoms with Crippen LogP contribution in [0.4, 0.5) is 4.39 Å². The molecule has 17 heavy (non-hydrogen) atoms. The lowest BCUT2D eigenvalue weighted by Crippen LogP contribution is -2.12. The van der Waals surface area contributed by atoms with Crippen molar-refractivity contribution in [1.29, 1.82) is 0 Å². The maximum Gasteiger partial charge on any atom is 0.193 e. The topological polar surface area (TPSA) is 39.2 Å². The van der Waals surface area contributed by atoms with Crippen LogP contribution in [-0.4, -0.2) is 0 Å². The zero-order chi connectivity index (χ0) is 12.4. The third kappa shape index (κ3) is 3.00. The SMILES string of the molecule is NC(Cc1ccc(F)cc1Cl)c1ccc(Cl)o1. The maximum absolute atomic E-state index is 12.9. The van der Waals surface area contributed by atoms with Gasteiger partial charge in [-0.3, -0.25) is 0 Å². The predicted octanol–water partition coefficient (Wildman–Crippen LogP) is 3.97. The first kappa shape index (κ1) is 12.4. The molecule has 1 aromatic heterocycles. The molecule has 2 nitrogen and oxygen atoms in total. The van der Waals surface area contributed by atoms with Gasteiger partial charge in [0.15, 0.2) is 5.22 Å². The standard InChI is InChI=1S/C12H10Cl2FNO/c13-9-6-8(15)2-1-7(9)5-10(16)11-3-4-12(14)17-11/h1-4,6,10H,5,16H2. The van der Waals surface area contributed by atoms with Crippen molar-refractivity contribution >= 4 is 23.2 Å². The normalized spacial score (nSPS) is 12.7. The van der Waals surface area contributed by atoms with Gasteiger partial charge in [-0.1, -0.05) is 17.7 Å². The number of rotatable bonds is 3. The summed E-state index contributed by atoms with van der Waals surface area (Å²) < 4.78 is 18.1. The molecule has 0 aliphatic heterocycles. The molecule has 0 aliphatic carbocycles. The molecule has 1 aromatic carbocycles. The summed E-state index contributed by atoms with van der Waals surface area (Å²) >= 11 is 11.6. The minimum absolute atomic E-state index is 0.292. The van der Waals surface area contributed by atoms with Gasteiger partial charge in [0.25, 0.3) is 0 Å². The third-order valence-electron chi connectivity index (χ3n) is 2.41. The van der Waals surface area contributed by atoms with E-state index in [0.29, 0.717) is 22.4 Å². The largest absolute Gasteiger partial charge is 0.448 e. The summed E-state index contributed by atoms with van der Waals surface area (Å²) in [6.07, 6.45) is 0.461. The van der Waals surface area contributed by atoms with Crippen molar-refractivity contribution in [2.45, 2.75) is 12.5 Å². The van der Waals surface area contributed by atoms with Crippen molar-refractivity contribution in [1.82, 2.24) is 0 Å². The van der Waals surface area contributed by atoms with Crippen molar-refractivity contribution < 1.29 is 8.81 Å². The fraction of sp³-hybridized carbons (Fsp3) is 0.167. The second-order valence-electron chi connectivity index (χ2n) is 3.69. The number of nitrogens with two attached hydrogens (primary N) is 1. The summed E-state index contributed by atoms with van der Waals surface area (Å²) in [5.41, 5.74) is 6.71. The number of hydrogen-bond acceptors (Lipinski definition) is 2. The highest BCUT2D eigenvalue weighted by Gasteiger charge is 2.13. The number of halogens is 3. The first-order valence-corrected chi connectivity index (χ1v) is 5.76. The lowest BCUT2D eigenvalue weighted by Gasteiger charge is -2.10. The zero-order valence-corrected chi connectivity index (χ0v) is 10.3. The van der Waals surface area contributed by atoms with Gasteiger partial charge < -0.3 is 10.2 Å². The number of furan rings is 1. The van der Waals surface area contributed by atoms with Gasteiger partial charge in [0.2, 0.25) is 0 Å². The highest BCUT2D eigenvalue weighted by Crippen LogP contribution is 2.25. The summed E-state index contributed by atoms with van der Waals surface area (Å²) in [6, 6.07) is 7.21. The molecule has 1 atom stereocenters. The lowest BCUT2D eigenvalue weighted by atomic mass is 10.0. The Morgan fingerprint density at radius 3 is 2.59 bits per heavy atom. The summed E-state index contributed by atoms with van der Waals surface area (Å²) in [7, 11) is 0. The lowest BCUT2D eigenvalue weighted by molar-refractivity contribution is 0.466. The molecule has 0 radical (unpaired) electrons. The van der Waals surface area contributed by atoms with Crippen LogP contribution in [0.2, 0.25) is 10.2 Å². The van der Waals surface area contributed by atoms with Crippen molar-refractivity contribution in [3.05, 3.63) is 57.7 Å². The maximum atomic E-state index is 12.9. The molecule has 1 unspecified atom stereocenters. The fourth-order valence-corrected chi connectivity index (χ4v) is 1.95. The average Bonchev–Trinajstić information content (AvgIpc) is 2.69. The first-order valence-electron chi connectivity index (χ1n) is 5.01. The van der Waals surface area contributed by atoms with Gasteiger partial charge in [0.1, 0.15) is 11.6 Å². The molecule has 0 aliphatic rings. The molecule has 1 heterocycles. The van der Waals surface area contributed by atoms with Crippen molar-refractivity contribution in [2.75, 3.05) is 0 Å². The van der Waals surface area contributed by atoms with Crippen LogP contribution in [-0.2, 0) is 6.42 Å². The zero-order valence-electron chi connectivity index (χ0n) is 8.79. The molecule has 2 aromatic rings. The van der Waals surface area contributed by atoms with Crippen LogP contribution in [0.1, 0.15) is 17.4 Å². The van der Waals surface area contributed by atoms with Crippen molar-refractivity contribution in [3.8, 4) is 0 Å². The Labute approximate surface area is 108 Å². The van der Waals surface area contributed by atoms with E-state index in [9.17, 15) is 4.39 Å². The van der Waals surface area contributed by atoms with Gasteiger partial charge >= 0.3 is 0 Å². The average molecular weight is 274 g/mol. The van der Waals surface area contributed by atoms with E-state index < -0.39 is 0 Å². The van der Waals surface area contributed by atoms with E-state index in [1.807, 2.05) is 0 Å². The molecule has 0 fully saturated rings. The van der Waals surface area contributed by atoms with Crippen LogP contribution in [0.25, 0.3) is 0 Å². The van der Waals surface area contributed by atoms with Gasteiger partial charge in [-0.2, -0.15) is 0 Å². The van der Waals surface area contributed by atoms with Crippen LogP contribution < -0.4 is 5.73 Å². The Bertz CT molecular complexity index is 527. The molecule has 0 saturated heterocycles. The molecule has 2 N–H and O–H groups in total. The van der Waals surface area contributed by atoms with Crippen molar-refractivity contribution in [3.63, 3.8) is 0 Å². The summed E-state index contributed by atoms with van der Waals surface area (Å²) in [4.78, 5) is 0. The van der Waals surface area contributed by atoms with Gasteiger partial charge in [0.05, 0.1) is 6.04 Å². The predicted molar refractivity (Wildman–Crippen MR) is 65.8 cm³/mol. The molecule has 5 heteroatoms.